The highest BCUT2D eigenvalue weighted by molar-refractivity contribution is 7.86. The molecule has 1 fully saturated rings. The van der Waals surface area contributed by atoms with Gasteiger partial charge in [-0.2, -0.15) is 17.0 Å². The summed E-state index contributed by atoms with van der Waals surface area (Å²) in [6.45, 7) is 5.00. The quantitative estimate of drug-likeness (QED) is 0.543. The van der Waals surface area contributed by atoms with Crippen molar-refractivity contribution in [1.82, 2.24) is 13.9 Å². The number of allylic oxidation sites excluding steroid dienone is 1. The maximum Gasteiger partial charge on any atom is 0.281 e. The standard InChI is InChI=1S/C26H35N3O3S/c1-4-8-22-11-13-23(14-12-22)15-18-27-25(30)26(21-24-9-6-5-7-10-24)16-19-29(20-17-26)33(31,32)28(2)3/h4-7,9-14H,1,8,15-21H2,2-3H3,(H,27,30). The number of rotatable bonds is 10. The molecule has 0 aromatic heterocycles. The maximum atomic E-state index is 13.4. The first-order valence-corrected chi connectivity index (χ1v) is 12.8. The molecule has 1 heterocycles. The Kier molecular flexibility index (Phi) is 8.46. The van der Waals surface area contributed by atoms with Crippen LogP contribution in [0.2, 0.25) is 0 Å². The monoisotopic (exact) mass is 469 g/mol. The molecule has 0 saturated carbocycles. The minimum absolute atomic E-state index is 0.0107. The first-order chi connectivity index (χ1) is 15.8. The SMILES string of the molecule is C=CCc1ccc(CCNC(=O)C2(Cc3ccccc3)CCN(S(=O)(=O)N(C)C)CC2)cc1. The van der Waals surface area contributed by atoms with Crippen molar-refractivity contribution in [2.75, 3.05) is 33.7 Å². The molecule has 33 heavy (non-hydrogen) atoms. The van der Waals surface area contributed by atoms with Crippen LogP contribution < -0.4 is 5.32 Å². The molecule has 7 heteroatoms. The zero-order chi connectivity index (χ0) is 23.9. The average molecular weight is 470 g/mol. The topological polar surface area (TPSA) is 69.7 Å². The van der Waals surface area contributed by atoms with Gasteiger partial charge in [0.05, 0.1) is 5.41 Å². The Hall–Kier alpha value is -2.48. The van der Waals surface area contributed by atoms with Gasteiger partial charge in [0.25, 0.3) is 10.2 Å². The van der Waals surface area contributed by atoms with Crippen molar-refractivity contribution < 1.29 is 13.2 Å². The third-order valence-electron chi connectivity index (χ3n) is 6.44. The van der Waals surface area contributed by atoms with Crippen LogP contribution in [0.15, 0.2) is 67.3 Å². The molecule has 0 atom stereocenters. The largest absolute Gasteiger partial charge is 0.355 e. The van der Waals surface area contributed by atoms with Crippen molar-refractivity contribution in [2.24, 2.45) is 5.41 Å². The predicted octanol–water partition coefficient (Wildman–Crippen LogP) is 3.21. The highest BCUT2D eigenvalue weighted by Gasteiger charge is 2.43. The van der Waals surface area contributed by atoms with E-state index in [4.69, 9.17) is 0 Å². The van der Waals surface area contributed by atoms with Gasteiger partial charge in [-0.3, -0.25) is 4.79 Å². The van der Waals surface area contributed by atoms with Crippen molar-refractivity contribution in [1.29, 1.82) is 0 Å². The molecule has 3 rings (SSSR count). The summed E-state index contributed by atoms with van der Waals surface area (Å²) >= 11 is 0. The number of carbonyl (C=O) groups excluding carboxylic acids is 1. The van der Waals surface area contributed by atoms with Gasteiger partial charge in [-0.15, -0.1) is 6.58 Å². The van der Waals surface area contributed by atoms with Gasteiger partial charge >= 0.3 is 0 Å². The van der Waals surface area contributed by atoms with Crippen molar-refractivity contribution >= 4 is 16.1 Å². The van der Waals surface area contributed by atoms with Gasteiger partial charge in [0, 0.05) is 33.7 Å². The lowest BCUT2D eigenvalue weighted by Crippen LogP contribution is -2.53. The minimum Gasteiger partial charge on any atom is -0.355 e. The van der Waals surface area contributed by atoms with Gasteiger partial charge in [0.1, 0.15) is 0 Å². The molecule has 6 nitrogen and oxygen atoms in total. The second-order valence-corrected chi connectivity index (χ2v) is 11.1. The number of carbonyl (C=O) groups is 1. The summed E-state index contributed by atoms with van der Waals surface area (Å²) in [6.07, 6.45) is 5.08. The first-order valence-electron chi connectivity index (χ1n) is 11.5. The van der Waals surface area contributed by atoms with Gasteiger partial charge in [-0.05, 0) is 48.8 Å². The Morgan fingerprint density at radius 1 is 1.03 bits per heavy atom. The smallest absolute Gasteiger partial charge is 0.281 e. The molecular formula is C26H35N3O3S. The normalized spacial score (nSPS) is 16.5. The number of hydrogen-bond donors (Lipinski definition) is 1. The zero-order valence-corrected chi connectivity index (χ0v) is 20.5. The van der Waals surface area contributed by atoms with E-state index in [2.05, 4.69) is 36.2 Å². The van der Waals surface area contributed by atoms with Crippen LogP contribution in [0.3, 0.4) is 0 Å². The molecule has 1 aliphatic rings. The van der Waals surface area contributed by atoms with Crippen molar-refractivity contribution in [3.05, 3.63) is 83.9 Å². The number of hydrogen-bond acceptors (Lipinski definition) is 3. The Balaban J connectivity index is 1.67. The van der Waals surface area contributed by atoms with E-state index in [0.717, 1.165) is 18.4 Å². The van der Waals surface area contributed by atoms with E-state index < -0.39 is 15.6 Å². The van der Waals surface area contributed by atoms with Crippen molar-refractivity contribution in [3.63, 3.8) is 0 Å². The molecule has 1 saturated heterocycles. The van der Waals surface area contributed by atoms with E-state index in [9.17, 15) is 13.2 Å². The van der Waals surface area contributed by atoms with E-state index in [0.29, 0.717) is 38.9 Å². The van der Waals surface area contributed by atoms with Crippen LogP contribution in [0.25, 0.3) is 0 Å². The molecule has 1 aliphatic heterocycles. The van der Waals surface area contributed by atoms with Crippen LogP contribution in [-0.2, 0) is 34.3 Å². The molecule has 178 valence electrons. The predicted molar refractivity (Wildman–Crippen MR) is 133 cm³/mol. The highest BCUT2D eigenvalue weighted by Crippen LogP contribution is 2.36. The summed E-state index contributed by atoms with van der Waals surface area (Å²) in [4.78, 5) is 13.4. The number of piperidine rings is 1. The van der Waals surface area contributed by atoms with Crippen LogP contribution in [-0.4, -0.2) is 56.7 Å². The van der Waals surface area contributed by atoms with Gasteiger partial charge in [0.15, 0.2) is 0 Å². The van der Waals surface area contributed by atoms with Crippen LogP contribution in [0, 0.1) is 5.41 Å². The molecule has 2 aromatic carbocycles. The third kappa shape index (κ3) is 6.31. The number of amides is 1. The lowest BCUT2D eigenvalue weighted by atomic mass is 9.73. The van der Waals surface area contributed by atoms with Crippen LogP contribution in [0.1, 0.15) is 29.5 Å². The Bertz CT molecular complexity index is 1030. The second kappa shape index (κ2) is 11.1. The molecule has 0 aliphatic carbocycles. The fourth-order valence-electron chi connectivity index (χ4n) is 4.36. The summed E-state index contributed by atoms with van der Waals surface area (Å²) in [5.41, 5.74) is 2.87. The highest BCUT2D eigenvalue weighted by atomic mass is 32.2. The third-order valence-corrected chi connectivity index (χ3v) is 8.38. The van der Waals surface area contributed by atoms with Gasteiger partial charge in [0.2, 0.25) is 5.91 Å². The molecule has 2 aromatic rings. The summed E-state index contributed by atoms with van der Waals surface area (Å²) in [5.74, 6) is 0.0107. The Labute approximate surface area is 198 Å². The molecule has 0 radical (unpaired) electrons. The summed E-state index contributed by atoms with van der Waals surface area (Å²) in [6, 6.07) is 18.3. The maximum absolute atomic E-state index is 13.4. The van der Waals surface area contributed by atoms with Crippen LogP contribution >= 0.6 is 0 Å². The number of nitrogens with one attached hydrogen (secondary N) is 1. The van der Waals surface area contributed by atoms with E-state index >= 15 is 0 Å². The van der Waals surface area contributed by atoms with E-state index in [1.807, 2.05) is 36.4 Å². The second-order valence-electron chi connectivity index (χ2n) is 8.95. The van der Waals surface area contributed by atoms with E-state index in [1.54, 1.807) is 0 Å². The molecule has 1 amide bonds. The molecule has 0 unspecified atom stereocenters. The lowest BCUT2D eigenvalue weighted by Gasteiger charge is -2.40. The first kappa shape index (κ1) is 25.1. The fraction of sp³-hybridized carbons (Fsp3) is 0.423. The van der Waals surface area contributed by atoms with Crippen LogP contribution in [0.5, 0.6) is 0 Å². The van der Waals surface area contributed by atoms with Gasteiger partial charge in [-0.25, -0.2) is 0 Å². The minimum atomic E-state index is -3.48. The number of nitrogens with zero attached hydrogens (tertiary/aromatic N) is 2. The lowest BCUT2D eigenvalue weighted by molar-refractivity contribution is -0.133. The summed E-state index contributed by atoms with van der Waals surface area (Å²) in [5, 5.41) is 3.14. The molecule has 0 spiro atoms. The van der Waals surface area contributed by atoms with Gasteiger partial charge < -0.3 is 5.32 Å². The number of benzene rings is 2. The van der Waals surface area contributed by atoms with E-state index in [1.165, 1.54) is 33.8 Å². The van der Waals surface area contributed by atoms with Crippen molar-refractivity contribution in [2.45, 2.75) is 32.1 Å². The van der Waals surface area contributed by atoms with Crippen molar-refractivity contribution in [3.8, 4) is 0 Å². The zero-order valence-electron chi connectivity index (χ0n) is 19.7. The molecule has 0 bridgehead atoms. The molecule has 1 N–H and O–H groups in total. The summed E-state index contributed by atoms with van der Waals surface area (Å²) < 4.78 is 27.8. The summed E-state index contributed by atoms with van der Waals surface area (Å²) in [7, 11) is -0.402. The van der Waals surface area contributed by atoms with Crippen LogP contribution in [0.4, 0.5) is 0 Å². The average Bonchev–Trinajstić information content (AvgIpc) is 2.81. The Morgan fingerprint density at radius 3 is 2.21 bits per heavy atom. The Morgan fingerprint density at radius 2 is 1.64 bits per heavy atom. The van der Waals surface area contributed by atoms with Gasteiger partial charge in [-0.1, -0.05) is 60.7 Å². The molecular weight excluding hydrogens is 434 g/mol. The fourth-order valence-corrected chi connectivity index (χ4v) is 5.47. The van der Waals surface area contributed by atoms with E-state index in [-0.39, 0.29) is 5.91 Å².